The predicted octanol–water partition coefficient (Wildman–Crippen LogP) is 1.35. The molecular formula is C24H33ClN6O8S2. The molecule has 2 aliphatic rings. The monoisotopic (exact) mass is 632 g/mol. The van der Waals surface area contributed by atoms with Crippen LogP contribution in [-0.4, -0.2) is 81.4 Å². The lowest BCUT2D eigenvalue weighted by Gasteiger charge is -2.48. The van der Waals surface area contributed by atoms with Crippen molar-refractivity contribution in [3.05, 3.63) is 22.8 Å². The van der Waals surface area contributed by atoms with Gasteiger partial charge in [0.15, 0.2) is 10.8 Å². The summed E-state index contributed by atoms with van der Waals surface area (Å²) in [6, 6.07) is -1.72. The van der Waals surface area contributed by atoms with E-state index in [1.807, 2.05) is 0 Å². The molecule has 0 saturated carbocycles. The van der Waals surface area contributed by atoms with Crippen molar-refractivity contribution in [2.75, 3.05) is 17.7 Å². The third-order valence-corrected chi connectivity index (χ3v) is 7.33. The normalized spacial score (nSPS) is 19.8. The van der Waals surface area contributed by atoms with Gasteiger partial charge in [0.1, 0.15) is 29.4 Å². The minimum absolute atomic E-state index is 0. The number of aromatic nitrogens is 1. The fraction of sp³-hybridized carbons (Fsp3) is 0.542. The molecule has 1 aromatic heterocycles. The summed E-state index contributed by atoms with van der Waals surface area (Å²) in [5, 5.41) is 10.1. The van der Waals surface area contributed by atoms with Crippen molar-refractivity contribution < 1.29 is 38.3 Å². The molecule has 0 spiro atoms. The Labute approximate surface area is 251 Å². The maximum absolute atomic E-state index is 13.2. The number of thioether (sulfide) groups is 1. The summed E-state index contributed by atoms with van der Waals surface area (Å²) >= 11 is 2.40. The smallest absolute Gasteiger partial charge is 0.357 e. The number of halogens is 1. The van der Waals surface area contributed by atoms with Crippen molar-refractivity contribution >= 4 is 76.0 Å². The van der Waals surface area contributed by atoms with Crippen LogP contribution < -0.4 is 16.4 Å². The standard InChI is InChI=1S/C24H32N6O8S2.ClH/c1-7-36-29-15(13-10-40-23(26-13)28-17(31)11(2)25)18(32)27-16-19(33)30-14(8-9-39-20(16)30)21(34)37-12(3)38-22(35)24(4,5)6;/h8,10-12,16,20H,7,9,25H2,1-6H3,(H,27,32)(H,26,28,31);1H/t11-,12?,16?,20+;/m0./s1. The van der Waals surface area contributed by atoms with Gasteiger partial charge in [0.2, 0.25) is 12.2 Å². The predicted molar refractivity (Wildman–Crippen MR) is 154 cm³/mol. The van der Waals surface area contributed by atoms with Crippen LogP contribution in [0.15, 0.2) is 22.3 Å². The summed E-state index contributed by atoms with van der Waals surface area (Å²) in [6.45, 7) is 9.77. The molecule has 2 unspecified atom stereocenters. The minimum atomic E-state index is -1.17. The molecule has 0 bridgehead atoms. The van der Waals surface area contributed by atoms with Crippen LogP contribution in [0, 0.1) is 5.41 Å². The quantitative estimate of drug-likeness (QED) is 0.111. The van der Waals surface area contributed by atoms with Gasteiger partial charge in [-0.15, -0.1) is 35.5 Å². The van der Waals surface area contributed by atoms with Gasteiger partial charge in [0.05, 0.1) is 11.5 Å². The Bertz CT molecular complexity index is 1240. The lowest BCUT2D eigenvalue weighted by atomic mass is 9.97. The van der Waals surface area contributed by atoms with E-state index in [1.165, 1.54) is 42.0 Å². The molecular weight excluding hydrogens is 600 g/mol. The summed E-state index contributed by atoms with van der Waals surface area (Å²) in [7, 11) is 0. The molecule has 1 fully saturated rings. The molecule has 3 rings (SSSR count). The van der Waals surface area contributed by atoms with E-state index < -0.39 is 58.8 Å². The molecule has 4 N–H and O–H groups in total. The number of β-lactam (4-membered cyclic amide) rings is 1. The number of rotatable bonds is 10. The van der Waals surface area contributed by atoms with E-state index in [-0.39, 0.29) is 41.2 Å². The van der Waals surface area contributed by atoms with Crippen molar-refractivity contribution in [2.24, 2.45) is 16.3 Å². The third-order valence-electron chi connectivity index (χ3n) is 5.39. The highest BCUT2D eigenvalue weighted by atomic mass is 35.5. The maximum Gasteiger partial charge on any atom is 0.357 e. The summed E-state index contributed by atoms with van der Waals surface area (Å²) in [5.74, 6) is -2.73. The summed E-state index contributed by atoms with van der Waals surface area (Å²) < 4.78 is 10.4. The summed E-state index contributed by atoms with van der Waals surface area (Å²) in [6.07, 6.45) is 0.366. The number of hydrogen-bond donors (Lipinski definition) is 3. The van der Waals surface area contributed by atoms with Crippen LogP contribution in [0.1, 0.15) is 47.2 Å². The maximum atomic E-state index is 13.2. The molecule has 226 valence electrons. The number of carbonyl (C=O) groups excluding carboxylic acids is 5. The van der Waals surface area contributed by atoms with Crippen LogP contribution in [0.25, 0.3) is 0 Å². The van der Waals surface area contributed by atoms with E-state index in [4.69, 9.17) is 20.0 Å². The number of esters is 2. The highest BCUT2D eigenvalue weighted by molar-refractivity contribution is 8.00. The molecule has 14 nitrogen and oxygen atoms in total. The largest absolute Gasteiger partial charge is 0.425 e. The van der Waals surface area contributed by atoms with E-state index in [2.05, 4.69) is 20.8 Å². The van der Waals surface area contributed by atoms with Crippen molar-refractivity contribution in [3.8, 4) is 0 Å². The lowest BCUT2D eigenvalue weighted by molar-refractivity contribution is -0.189. The average molecular weight is 633 g/mol. The van der Waals surface area contributed by atoms with Gasteiger partial charge in [-0.2, -0.15) is 0 Å². The van der Waals surface area contributed by atoms with Gasteiger partial charge in [-0.05, 0) is 40.7 Å². The number of anilines is 1. The zero-order valence-corrected chi connectivity index (χ0v) is 25.7. The fourth-order valence-electron chi connectivity index (χ4n) is 3.29. The number of ether oxygens (including phenoxy) is 2. The van der Waals surface area contributed by atoms with Crippen LogP contribution in [0.3, 0.4) is 0 Å². The van der Waals surface area contributed by atoms with Crippen molar-refractivity contribution in [3.63, 3.8) is 0 Å². The molecule has 3 heterocycles. The first-order chi connectivity index (χ1) is 18.7. The van der Waals surface area contributed by atoms with E-state index in [0.29, 0.717) is 5.75 Å². The second-order valence-electron chi connectivity index (χ2n) is 9.77. The molecule has 2 aliphatic heterocycles. The number of thiazole rings is 1. The first kappa shape index (κ1) is 34.0. The summed E-state index contributed by atoms with van der Waals surface area (Å²) in [5.41, 5.74) is 4.70. The fourth-order valence-corrected chi connectivity index (χ4v) is 5.19. The number of amides is 3. The van der Waals surface area contributed by atoms with Crippen LogP contribution in [0.4, 0.5) is 5.13 Å². The first-order valence-corrected chi connectivity index (χ1v) is 14.3. The van der Waals surface area contributed by atoms with Crippen molar-refractivity contribution in [2.45, 2.75) is 65.3 Å². The lowest BCUT2D eigenvalue weighted by Crippen LogP contribution is -2.70. The highest BCUT2D eigenvalue weighted by Crippen LogP contribution is 2.38. The number of nitrogens with one attached hydrogen (secondary N) is 2. The third kappa shape index (κ3) is 8.18. The van der Waals surface area contributed by atoms with Crippen molar-refractivity contribution in [1.29, 1.82) is 0 Å². The molecule has 1 saturated heterocycles. The Morgan fingerprint density at radius 3 is 2.54 bits per heavy atom. The number of nitrogens with two attached hydrogens (primary N) is 1. The van der Waals surface area contributed by atoms with E-state index in [1.54, 1.807) is 27.7 Å². The molecule has 4 atom stereocenters. The molecule has 3 amide bonds. The van der Waals surface area contributed by atoms with Gasteiger partial charge >= 0.3 is 11.9 Å². The topological polar surface area (TPSA) is 192 Å². The Hall–Kier alpha value is -3.21. The number of nitrogens with zero attached hydrogens (tertiary/aromatic N) is 3. The summed E-state index contributed by atoms with van der Waals surface area (Å²) in [4.78, 5) is 73.4. The number of oxime groups is 1. The van der Waals surface area contributed by atoms with E-state index >= 15 is 0 Å². The second kappa shape index (κ2) is 14.1. The van der Waals surface area contributed by atoms with Gasteiger partial charge < -0.3 is 30.7 Å². The van der Waals surface area contributed by atoms with Crippen LogP contribution in [0.2, 0.25) is 0 Å². The zero-order valence-electron chi connectivity index (χ0n) is 23.3. The van der Waals surface area contributed by atoms with Gasteiger partial charge in [0.25, 0.3) is 11.8 Å². The Morgan fingerprint density at radius 2 is 1.93 bits per heavy atom. The SMILES string of the molecule is CCON=C(C(=O)NC1C(=O)N2C(C(=O)OC(C)OC(=O)C(C)(C)C)=CCS[C@H]12)c1csc(NC(=O)[C@H](C)N)n1.Cl. The van der Waals surface area contributed by atoms with Gasteiger partial charge in [-0.3, -0.25) is 24.1 Å². The minimum Gasteiger partial charge on any atom is -0.425 e. The Morgan fingerprint density at radius 1 is 1.24 bits per heavy atom. The van der Waals surface area contributed by atoms with Crippen LogP contribution in [-0.2, 0) is 38.3 Å². The Kier molecular flexibility index (Phi) is 11.7. The van der Waals surface area contributed by atoms with E-state index in [0.717, 1.165) is 11.3 Å². The van der Waals surface area contributed by atoms with Gasteiger partial charge in [-0.1, -0.05) is 5.16 Å². The molecule has 17 heteroatoms. The Balaban J connectivity index is 0.00000588. The van der Waals surface area contributed by atoms with Crippen LogP contribution in [0.5, 0.6) is 0 Å². The zero-order chi connectivity index (χ0) is 29.8. The highest BCUT2D eigenvalue weighted by Gasteiger charge is 2.53. The molecule has 0 aliphatic carbocycles. The van der Waals surface area contributed by atoms with E-state index in [9.17, 15) is 24.0 Å². The van der Waals surface area contributed by atoms with Gasteiger partial charge in [-0.25, -0.2) is 9.78 Å². The molecule has 0 aromatic carbocycles. The molecule has 1 aromatic rings. The number of carbonyl (C=O) groups is 5. The average Bonchev–Trinajstić information content (AvgIpc) is 3.33. The number of hydrogen-bond acceptors (Lipinski definition) is 13. The number of fused-ring (bicyclic) bond motifs is 1. The van der Waals surface area contributed by atoms with Gasteiger partial charge in [0, 0.05) is 18.1 Å². The molecule has 41 heavy (non-hydrogen) atoms. The van der Waals surface area contributed by atoms with Crippen molar-refractivity contribution in [1.82, 2.24) is 15.2 Å². The second-order valence-corrected chi connectivity index (χ2v) is 11.8. The first-order valence-electron chi connectivity index (χ1n) is 12.3. The molecule has 0 radical (unpaired) electrons. The van der Waals surface area contributed by atoms with Crippen LogP contribution >= 0.6 is 35.5 Å².